The molecular weight excluding hydrogens is 434 g/mol. The zero-order valence-electron chi connectivity index (χ0n) is 19.8. The monoisotopic (exact) mass is 463 g/mol. The molecule has 10 heteroatoms. The molecule has 1 unspecified atom stereocenters. The van der Waals surface area contributed by atoms with Gasteiger partial charge < -0.3 is 20.1 Å². The van der Waals surface area contributed by atoms with Crippen LogP contribution in [0.3, 0.4) is 0 Å². The number of nitrogen functional groups attached to an aromatic ring is 1. The Labute approximate surface area is 197 Å². The lowest BCUT2D eigenvalue weighted by atomic mass is 9.92. The molecule has 4 aromatic rings. The van der Waals surface area contributed by atoms with E-state index in [-0.39, 0.29) is 24.1 Å². The molecule has 0 saturated carbocycles. The summed E-state index contributed by atoms with van der Waals surface area (Å²) in [5.74, 6) is 0.679. The van der Waals surface area contributed by atoms with Crippen LogP contribution in [-0.4, -0.2) is 47.3 Å². The van der Waals surface area contributed by atoms with Gasteiger partial charge >= 0.3 is 0 Å². The lowest BCUT2D eigenvalue weighted by Gasteiger charge is -2.31. The minimum Gasteiger partial charge on any atom is -0.494 e. The SMILES string of the molecule is CCCC(C)(O)[C@H](C)n1cccc(Cn2cc(-c3nc(N)nc4c(OC)cccc34)nn2)c1=O. The van der Waals surface area contributed by atoms with Crippen LogP contribution in [-0.2, 0) is 6.54 Å². The van der Waals surface area contributed by atoms with Gasteiger partial charge in [0.1, 0.15) is 22.7 Å². The van der Waals surface area contributed by atoms with Crippen molar-refractivity contribution in [2.75, 3.05) is 12.8 Å². The zero-order chi connectivity index (χ0) is 24.5. The molecular formula is C24H29N7O3. The van der Waals surface area contributed by atoms with E-state index in [1.165, 1.54) is 0 Å². The van der Waals surface area contributed by atoms with E-state index in [1.807, 2.05) is 26.0 Å². The smallest absolute Gasteiger partial charge is 0.255 e. The van der Waals surface area contributed by atoms with E-state index >= 15 is 0 Å². The van der Waals surface area contributed by atoms with Crippen LogP contribution >= 0.6 is 0 Å². The van der Waals surface area contributed by atoms with E-state index in [0.717, 1.165) is 11.8 Å². The number of aliphatic hydroxyl groups is 1. The highest BCUT2D eigenvalue weighted by atomic mass is 16.5. The second-order valence-electron chi connectivity index (χ2n) is 8.62. The highest BCUT2D eigenvalue weighted by molar-refractivity contribution is 5.95. The first kappa shape index (κ1) is 23.4. The summed E-state index contributed by atoms with van der Waals surface area (Å²) in [7, 11) is 1.57. The van der Waals surface area contributed by atoms with Gasteiger partial charge in [-0.2, -0.15) is 0 Å². The maximum absolute atomic E-state index is 13.2. The van der Waals surface area contributed by atoms with Gasteiger partial charge in [0.25, 0.3) is 5.56 Å². The Morgan fingerprint density at radius 1 is 1.24 bits per heavy atom. The normalized spacial score (nSPS) is 14.1. The zero-order valence-corrected chi connectivity index (χ0v) is 19.8. The Hall–Kier alpha value is -3.79. The van der Waals surface area contributed by atoms with E-state index in [4.69, 9.17) is 10.5 Å². The number of hydrogen-bond donors (Lipinski definition) is 2. The maximum Gasteiger partial charge on any atom is 0.255 e. The number of benzene rings is 1. The number of nitrogens with two attached hydrogens (primary N) is 1. The molecule has 0 aliphatic carbocycles. The van der Waals surface area contributed by atoms with Gasteiger partial charge in [-0.05, 0) is 32.4 Å². The summed E-state index contributed by atoms with van der Waals surface area (Å²) in [5.41, 5.74) is 6.92. The van der Waals surface area contributed by atoms with Crippen LogP contribution in [0.2, 0.25) is 0 Å². The molecule has 0 amide bonds. The van der Waals surface area contributed by atoms with Crippen LogP contribution in [0.15, 0.2) is 47.5 Å². The molecule has 0 bridgehead atoms. The van der Waals surface area contributed by atoms with Crippen molar-refractivity contribution in [1.29, 1.82) is 0 Å². The first-order valence-electron chi connectivity index (χ1n) is 11.2. The van der Waals surface area contributed by atoms with Crippen LogP contribution in [0.25, 0.3) is 22.3 Å². The number of ether oxygens (including phenoxy) is 1. The molecule has 0 radical (unpaired) electrons. The summed E-state index contributed by atoms with van der Waals surface area (Å²) in [4.78, 5) is 21.8. The number of methoxy groups -OCH3 is 1. The van der Waals surface area contributed by atoms with Crippen molar-refractivity contribution < 1.29 is 9.84 Å². The second-order valence-corrected chi connectivity index (χ2v) is 8.62. The Morgan fingerprint density at radius 2 is 2.03 bits per heavy atom. The fraction of sp³-hybridized carbons (Fsp3) is 0.375. The van der Waals surface area contributed by atoms with Gasteiger partial charge in [0, 0.05) is 17.1 Å². The summed E-state index contributed by atoms with van der Waals surface area (Å²) in [6.45, 7) is 5.84. The number of fused-ring (bicyclic) bond motifs is 1. The number of hydrogen-bond acceptors (Lipinski definition) is 8. The fourth-order valence-corrected chi connectivity index (χ4v) is 4.16. The predicted octanol–water partition coefficient (Wildman–Crippen LogP) is 2.80. The third kappa shape index (κ3) is 4.36. The highest BCUT2D eigenvalue weighted by Crippen LogP contribution is 2.31. The maximum atomic E-state index is 13.2. The first-order valence-corrected chi connectivity index (χ1v) is 11.2. The van der Waals surface area contributed by atoms with Gasteiger partial charge in [-0.25, -0.2) is 14.6 Å². The minimum absolute atomic E-state index is 0.0978. The summed E-state index contributed by atoms with van der Waals surface area (Å²) in [5, 5.41) is 20.0. The van der Waals surface area contributed by atoms with E-state index in [1.54, 1.807) is 53.9 Å². The molecule has 0 aliphatic heterocycles. The van der Waals surface area contributed by atoms with E-state index in [0.29, 0.717) is 34.6 Å². The number of para-hydroxylation sites is 1. The average molecular weight is 464 g/mol. The van der Waals surface area contributed by atoms with E-state index in [2.05, 4.69) is 20.3 Å². The molecule has 3 aromatic heterocycles. The fourth-order valence-electron chi connectivity index (χ4n) is 4.16. The van der Waals surface area contributed by atoms with Crippen molar-refractivity contribution >= 4 is 16.9 Å². The molecule has 3 heterocycles. The molecule has 1 aromatic carbocycles. The number of aromatic nitrogens is 6. The summed E-state index contributed by atoms with van der Waals surface area (Å²) in [6.07, 6.45) is 4.84. The van der Waals surface area contributed by atoms with Crippen LogP contribution in [0, 0.1) is 0 Å². The molecule has 178 valence electrons. The Kier molecular flexibility index (Phi) is 6.34. The molecule has 10 nitrogen and oxygen atoms in total. The van der Waals surface area contributed by atoms with Gasteiger partial charge in [-0.3, -0.25) is 4.79 Å². The van der Waals surface area contributed by atoms with Crippen molar-refractivity contribution in [2.45, 2.75) is 51.8 Å². The van der Waals surface area contributed by atoms with Gasteiger partial charge in [0.05, 0.1) is 31.5 Å². The number of anilines is 1. The molecule has 4 rings (SSSR count). The van der Waals surface area contributed by atoms with Gasteiger partial charge in [-0.15, -0.1) is 5.10 Å². The van der Waals surface area contributed by atoms with Crippen molar-refractivity contribution in [3.05, 3.63) is 58.6 Å². The van der Waals surface area contributed by atoms with Crippen molar-refractivity contribution in [1.82, 2.24) is 29.5 Å². The van der Waals surface area contributed by atoms with Crippen molar-refractivity contribution in [2.24, 2.45) is 0 Å². The number of pyridine rings is 1. The summed E-state index contributed by atoms with van der Waals surface area (Å²) < 4.78 is 8.55. The van der Waals surface area contributed by atoms with Crippen LogP contribution in [0.4, 0.5) is 5.95 Å². The van der Waals surface area contributed by atoms with E-state index in [9.17, 15) is 9.90 Å². The van der Waals surface area contributed by atoms with Crippen molar-refractivity contribution in [3.8, 4) is 17.1 Å². The van der Waals surface area contributed by atoms with Crippen LogP contribution < -0.4 is 16.0 Å². The Balaban J connectivity index is 1.67. The standard InChI is InChI=1S/C24H29N7O3/c1-5-11-24(3,33)15(2)31-12-7-8-16(22(31)32)13-30-14-18(28-29-30)20-17-9-6-10-19(34-4)21(17)27-23(25)26-20/h6-10,12,14-15,33H,5,11,13H2,1-4H3,(H2,25,26,27)/t15-,24?/m0/s1. The molecule has 0 spiro atoms. The lowest BCUT2D eigenvalue weighted by molar-refractivity contribution is 0.00204. The van der Waals surface area contributed by atoms with Gasteiger partial charge in [-0.1, -0.05) is 36.8 Å². The minimum atomic E-state index is -0.993. The number of nitrogens with zero attached hydrogens (tertiary/aromatic N) is 6. The third-order valence-electron chi connectivity index (χ3n) is 6.17. The topological polar surface area (TPSA) is 134 Å². The van der Waals surface area contributed by atoms with Crippen LogP contribution in [0.1, 0.15) is 45.2 Å². The average Bonchev–Trinajstić information content (AvgIpc) is 3.27. The van der Waals surface area contributed by atoms with Crippen molar-refractivity contribution in [3.63, 3.8) is 0 Å². The highest BCUT2D eigenvalue weighted by Gasteiger charge is 2.29. The Morgan fingerprint density at radius 3 is 2.76 bits per heavy atom. The predicted molar refractivity (Wildman–Crippen MR) is 130 cm³/mol. The molecule has 0 fully saturated rings. The Bertz CT molecular complexity index is 1380. The largest absolute Gasteiger partial charge is 0.494 e. The van der Waals surface area contributed by atoms with E-state index < -0.39 is 5.60 Å². The lowest BCUT2D eigenvalue weighted by Crippen LogP contribution is -2.40. The molecule has 34 heavy (non-hydrogen) atoms. The third-order valence-corrected chi connectivity index (χ3v) is 6.17. The van der Waals surface area contributed by atoms with Gasteiger partial charge in [0.2, 0.25) is 5.95 Å². The molecule has 2 atom stereocenters. The molecule has 3 N–H and O–H groups in total. The second kappa shape index (κ2) is 9.22. The van der Waals surface area contributed by atoms with Crippen LogP contribution in [0.5, 0.6) is 5.75 Å². The first-order chi connectivity index (χ1) is 16.2. The summed E-state index contributed by atoms with van der Waals surface area (Å²) >= 11 is 0. The van der Waals surface area contributed by atoms with Gasteiger partial charge in [0.15, 0.2) is 0 Å². The molecule has 0 aliphatic rings. The molecule has 0 saturated heterocycles. The quantitative estimate of drug-likeness (QED) is 0.407. The number of rotatable bonds is 8. The summed E-state index contributed by atoms with van der Waals surface area (Å²) in [6, 6.07) is 8.69.